The Bertz CT molecular complexity index is 1020. The van der Waals surface area contributed by atoms with E-state index in [1.807, 2.05) is 41.3 Å². The van der Waals surface area contributed by atoms with Crippen LogP contribution in [0, 0.1) is 5.92 Å². The highest BCUT2D eigenvalue weighted by Crippen LogP contribution is 2.32. The van der Waals surface area contributed by atoms with Gasteiger partial charge in [-0.25, -0.2) is 4.99 Å². The first-order valence-electron chi connectivity index (χ1n) is 10.9. The predicted molar refractivity (Wildman–Crippen MR) is 127 cm³/mol. The first-order chi connectivity index (χ1) is 16.0. The zero-order valence-corrected chi connectivity index (χ0v) is 19.4. The summed E-state index contributed by atoms with van der Waals surface area (Å²) in [4.78, 5) is 34.8. The Balaban J connectivity index is 1.55. The Hall–Kier alpha value is -3.26. The lowest BCUT2D eigenvalue weighted by Crippen LogP contribution is -2.57. The smallest absolute Gasteiger partial charge is 0.321 e. The zero-order chi connectivity index (χ0) is 23.4. The van der Waals surface area contributed by atoms with Crippen molar-refractivity contribution < 1.29 is 19.1 Å². The average molecular weight is 471 g/mol. The molecule has 0 saturated carbocycles. The number of carbonyl (C=O) groups excluding carboxylic acids is 2. The van der Waals surface area contributed by atoms with Crippen LogP contribution in [-0.2, 0) is 14.3 Å². The number of hydrogen-bond donors (Lipinski definition) is 1. The molecule has 0 aromatic heterocycles. The summed E-state index contributed by atoms with van der Waals surface area (Å²) >= 11 is 6.00. The first-order valence-corrected chi connectivity index (χ1v) is 11.3. The minimum Gasteiger partial charge on any atom is -0.497 e. The highest BCUT2D eigenvalue weighted by Gasteiger charge is 2.42. The fraction of sp³-hybridized carbons (Fsp3) is 0.375. The number of nitrogens with zero attached hydrogens (tertiary/aromatic N) is 3. The zero-order valence-electron chi connectivity index (χ0n) is 18.7. The summed E-state index contributed by atoms with van der Waals surface area (Å²) in [5.41, 5.74) is 1.85. The lowest BCUT2D eigenvalue weighted by molar-refractivity contribution is -0.153. The van der Waals surface area contributed by atoms with Crippen LogP contribution < -0.4 is 15.0 Å². The maximum Gasteiger partial charge on any atom is 0.321 e. The number of methoxy groups -OCH3 is 1. The van der Waals surface area contributed by atoms with Crippen LogP contribution >= 0.6 is 11.6 Å². The van der Waals surface area contributed by atoms with Crippen molar-refractivity contribution in [3.8, 4) is 5.75 Å². The molecule has 2 atom stereocenters. The van der Waals surface area contributed by atoms with Gasteiger partial charge in [-0.05, 0) is 48.9 Å². The van der Waals surface area contributed by atoms with Crippen molar-refractivity contribution in [1.29, 1.82) is 0 Å². The van der Waals surface area contributed by atoms with E-state index in [0.717, 1.165) is 24.3 Å². The summed E-state index contributed by atoms with van der Waals surface area (Å²) in [7, 11) is 1.59. The van der Waals surface area contributed by atoms with Crippen molar-refractivity contribution in [3.63, 3.8) is 0 Å². The van der Waals surface area contributed by atoms with Gasteiger partial charge < -0.3 is 19.3 Å². The van der Waals surface area contributed by atoms with Crippen LogP contribution in [0.3, 0.4) is 0 Å². The Morgan fingerprint density at radius 3 is 2.30 bits per heavy atom. The fourth-order valence-corrected chi connectivity index (χ4v) is 4.22. The van der Waals surface area contributed by atoms with Crippen LogP contribution in [0.1, 0.15) is 18.5 Å². The minimum absolute atomic E-state index is 0.196. The second-order valence-electron chi connectivity index (χ2n) is 7.84. The van der Waals surface area contributed by atoms with E-state index in [2.05, 4.69) is 10.2 Å². The monoisotopic (exact) mass is 470 g/mol. The van der Waals surface area contributed by atoms with Gasteiger partial charge in [-0.2, -0.15) is 0 Å². The van der Waals surface area contributed by atoms with Gasteiger partial charge >= 0.3 is 5.97 Å². The van der Waals surface area contributed by atoms with Crippen LogP contribution in [0.25, 0.3) is 0 Å². The molecule has 2 aliphatic rings. The molecule has 2 aromatic carbocycles. The molecule has 0 spiro atoms. The van der Waals surface area contributed by atoms with E-state index in [9.17, 15) is 9.59 Å². The van der Waals surface area contributed by atoms with Crippen LogP contribution in [0.4, 0.5) is 5.69 Å². The van der Waals surface area contributed by atoms with Crippen LogP contribution in [-0.4, -0.2) is 62.6 Å². The summed E-state index contributed by atoms with van der Waals surface area (Å²) in [5, 5.41) is 3.54. The maximum absolute atomic E-state index is 13.0. The van der Waals surface area contributed by atoms with Gasteiger partial charge in [0.15, 0.2) is 5.92 Å². The molecule has 1 amide bonds. The second-order valence-corrected chi connectivity index (χ2v) is 8.28. The van der Waals surface area contributed by atoms with Gasteiger partial charge in [-0.15, -0.1) is 0 Å². The lowest BCUT2D eigenvalue weighted by Gasteiger charge is -2.39. The number of hydrogen-bond acceptors (Lipinski definition) is 7. The van der Waals surface area contributed by atoms with Crippen molar-refractivity contribution in [3.05, 3.63) is 59.1 Å². The summed E-state index contributed by atoms with van der Waals surface area (Å²) in [6, 6.07) is 14.3. The molecule has 8 nitrogen and oxygen atoms in total. The number of aliphatic imine (C=N–C) groups is 1. The summed E-state index contributed by atoms with van der Waals surface area (Å²) in [6.45, 7) is 4.81. The van der Waals surface area contributed by atoms with E-state index < -0.39 is 23.8 Å². The number of guanidine groups is 1. The highest BCUT2D eigenvalue weighted by atomic mass is 35.5. The molecule has 4 rings (SSSR count). The molecule has 2 aliphatic heterocycles. The molecule has 174 valence electrons. The Kier molecular flexibility index (Phi) is 7.03. The number of esters is 1. The lowest BCUT2D eigenvalue weighted by atomic mass is 9.91. The molecule has 1 fully saturated rings. The Labute approximate surface area is 198 Å². The largest absolute Gasteiger partial charge is 0.497 e. The third-order valence-electron chi connectivity index (χ3n) is 5.86. The first kappa shape index (κ1) is 22.9. The molecule has 2 heterocycles. The summed E-state index contributed by atoms with van der Waals surface area (Å²) < 4.78 is 10.4. The molecule has 9 heteroatoms. The van der Waals surface area contributed by atoms with Gasteiger partial charge in [0.25, 0.3) is 0 Å². The molecule has 0 aliphatic carbocycles. The van der Waals surface area contributed by atoms with Crippen LogP contribution in [0.2, 0.25) is 5.02 Å². The molecule has 33 heavy (non-hydrogen) atoms. The van der Waals surface area contributed by atoms with Gasteiger partial charge in [-0.1, -0.05) is 23.7 Å². The number of halogens is 1. The van der Waals surface area contributed by atoms with Crippen LogP contribution in [0.5, 0.6) is 5.75 Å². The SMILES string of the molecule is CCOC(=O)[C@H]1C(=O)NC(N2CCN(c3ccc(Cl)cc3)CC2)=N[C@H]1c1ccc(OC)cc1. The van der Waals surface area contributed by atoms with Gasteiger partial charge in [0, 0.05) is 36.9 Å². The van der Waals surface area contributed by atoms with Gasteiger partial charge in [-0.3, -0.25) is 14.9 Å². The topological polar surface area (TPSA) is 83.5 Å². The molecule has 0 unspecified atom stereocenters. The van der Waals surface area contributed by atoms with Gasteiger partial charge in [0.05, 0.1) is 13.7 Å². The number of carbonyl (C=O) groups is 2. The van der Waals surface area contributed by atoms with Gasteiger partial charge in [0.2, 0.25) is 11.9 Å². The van der Waals surface area contributed by atoms with Crippen molar-refractivity contribution >= 4 is 35.1 Å². The molecule has 2 aromatic rings. The fourth-order valence-electron chi connectivity index (χ4n) is 4.09. The Morgan fingerprint density at radius 1 is 1.06 bits per heavy atom. The quantitative estimate of drug-likeness (QED) is 0.534. The normalized spacial score (nSPS) is 20.7. The highest BCUT2D eigenvalue weighted by molar-refractivity contribution is 6.30. The van der Waals surface area contributed by atoms with Crippen molar-refractivity contribution in [2.45, 2.75) is 13.0 Å². The number of rotatable bonds is 5. The molecule has 0 bridgehead atoms. The van der Waals surface area contributed by atoms with E-state index in [1.54, 1.807) is 26.2 Å². The molecule has 1 saturated heterocycles. The predicted octanol–water partition coefficient (Wildman–Crippen LogP) is 2.88. The van der Waals surface area contributed by atoms with Crippen LogP contribution in [0.15, 0.2) is 53.5 Å². The van der Waals surface area contributed by atoms with E-state index in [4.69, 9.17) is 26.1 Å². The molecule has 0 radical (unpaired) electrons. The van der Waals surface area contributed by atoms with E-state index in [0.29, 0.717) is 29.8 Å². The number of amides is 1. The number of piperazine rings is 1. The third-order valence-corrected chi connectivity index (χ3v) is 6.12. The van der Waals surface area contributed by atoms with E-state index >= 15 is 0 Å². The molecular weight excluding hydrogens is 444 g/mol. The number of anilines is 1. The van der Waals surface area contributed by atoms with E-state index in [1.165, 1.54) is 0 Å². The Morgan fingerprint density at radius 2 is 1.70 bits per heavy atom. The molecular formula is C24H27ClN4O4. The minimum atomic E-state index is -1.04. The average Bonchev–Trinajstić information content (AvgIpc) is 2.84. The standard InChI is InChI=1S/C24H27ClN4O4/c1-3-33-23(31)20-21(16-4-10-19(32-2)11-5-16)26-24(27-22(20)30)29-14-12-28(13-15-29)18-8-6-17(25)7-9-18/h4-11,20-21H,3,12-15H2,1-2H3,(H,26,27,30)/t20-,21+/m1/s1. The maximum atomic E-state index is 13.0. The number of benzene rings is 2. The summed E-state index contributed by atoms with van der Waals surface area (Å²) in [5.74, 6) is -0.852. The third kappa shape index (κ3) is 5.06. The summed E-state index contributed by atoms with van der Waals surface area (Å²) in [6.07, 6.45) is 0. The van der Waals surface area contributed by atoms with E-state index in [-0.39, 0.29) is 6.61 Å². The number of nitrogens with one attached hydrogen (secondary N) is 1. The van der Waals surface area contributed by atoms with Crippen molar-refractivity contribution in [2.75, 3.05) is 44.8 Å². The number of ether oxygens (including phenoxy) is 2. The van der Waals surface area contributed by atoms with Crippen molar-refractivity contribution in [1.82, 2.24) is 10.2 Å². The van der Waals surface area contributed by atoms with Crippen molar-refractivity contribution in [2.24, 2.45) is 10.9 Å². The van der Waals surface area contributed by atoms with Gasteiger partial charge in [0.1, 0.15) is 11.8 Å². The molecule has 1 N–H and O–H groups in total. The second kappa shape index (κ2) is 10.1.